The molecule has 2 atom stereocenters. The van der Waals surface area contributed by atoms with Crippen LogP contribution in [-0.4, -0.2) is 59.1 Å². The van der Waals surface area contributed by atoms with Crippen LogP contribution >= 0.6 is 11.8 Å². The Morgan fingerprint density at radius 1 is 1.10 bits per heavy atom. The largest absolute Gasteiger partial charge is 0.466 e. The zero-order chi connectivity index (χ0) is 28.3. The number of likely N-dealkylation sites (tertiary alicyclic amines) is 1. The van der Waals surface area contributed by atoms with E-state index in [1.165, 1.54) is 23.9 Å². The van der Waals surface area contributed by atoms with Crippen LogP contribution in [0.15, 0.2) is 51.6 Å². The van der Waals surface area contributed by atoms with Gasteiger partial charge in [0.15, 0.2) is 5.17 Å². The normalized spacial score (nSPS) is 21.3. The molecule has 1 fully saturated rings. The number of halogens is 3. The first kappa shape index (κ1) is 28.7. The average Bonchev–Trinajstić information content (AvgIpc) is 3.29. The molecular weight excluding hydrogens is 535 g/mol. The minimum atomic E-state index is -4.51. The van der Waals surface area contributed by atoms with Crippen LogP contribution in [0.1, 0.15) is 57.2 Å². The Labute approximate surface area is 228 Å². The molecule has 8 nitrogen and oxygen atoms in total. The Morgan fingerprint density at radius 3 is 2.44 bits per heavy atom. The number of carbonyl (C=O) groups excluding carboxylic acids is 3. The van der Waals surface area contributed by atoms with Gasteiger partial charge in [-0.15, -0.1) is 0 Å². The third-order valence-corrected chi connectivity index (χ3v) is 7.66. The highest BCUT2D eigenvalue weighted by Crippen LogP contribution is 2.45. The Balaban J connectivity index is 1.63. The van der Waals surface area contributed by atoms with Crippen LogP contribution in [-0.2, 0) is 30.0 Å². The summed E-state index contributed by atoms with van der Waals surface area (Å²) in [6.07, 6.45) is -3.23. The van der Waals surface area contributed by atoms with E-state index in [-0.39, 0.29) is 49.5 Å². The summed E-state index contributed by atoms with van der Waals surface area (Å²) in [7, 11) is 0. The number of alkyl halides is 3. The molecule has 0 unspecified atom stereocenters. The summed E-state index contributed by atoms with van der Waals surface area (Å²) in [4.78, 5) is 46.6. The van der Waals surface area contributed by atoms with E-state index in [0.717, 1.165) is 12.1 Å². The van der Waals surface area contributed by atoms with Crippen molar-refractivity contribution in [3.05, 3.63) is 57.8 Å². The van der Waals surface area contributed by atoms with E-state index in [1.807, 2.05) is 0 Å². The molecule has 0 N–H and O–H groups in total. The maximum atomic E-state index is 13.4. The number of benzene rings is 1. The van der Waals surface area contributed by atoms with E-state index in [9.17, 15) is 27.6 Å². The maximum absolute atomic E-state index is 13.4. The summed E-state index contributed by atoms with van der Waals surface area (Å²) in [6.45, 7) is 6.19. The zero-order valence-electron chi connectivity index (χ0n) is 21.9. The van der Waals surface area contributed by atoms with Crippen LogP contribution in [0.25, 0.3) is 0 Å². The highest BCUT2D eigenvalue weighted by Gasteiger charge is 2.42. The summed E-state index contributed by atoms with van der Waals surface area (Å²) in [5, 5.41) is 2.28. The minimum Gasteiger partial charge on any atom is -0.466 e. The molecular formula is C27H30F3N3O5S. The van der Waals surface area contributed by atoms with E-state index >= 15 is 0 Å². The van der Waals surface area contributed by atoms with Gasteiger partial charge < -0.3 is 19.3 Å². The first-order valence-electron chi connectivity index (χ1n) is 12.8. The van der Waals surface area contributed by atoms with E-state index in [1.54, 1.807) is 36.0 Å². The van der Waals surface area contributed by atoms with E-state index in [2.05, 4.69) is 4.99 Å². The number of fused-ring (bicyclic) bond motifs is 1. The quantitative estimate of drug-likeness (QED) is 0.428. The molecule has 1 amide bonds. The molecule has 39 heavy (non-hydrogen) atoms. The third-order valence-electron chi connectivity index (χ3n) is 6.78. The number of amidine groups is 1. The topological polar surface area (TPSA) is 88.5 Å². The standard InChI is InChI=1S/C27H30F3N3O5S/c1-4-37-24(35)18-7-6-12-32(14-18)21(34)13-20-15-39-26-31-16(3)22(25(36)38-5-2)23(33(20)26)17-8-10-19(11-9-17)27(28,29)30/h8-11,15,18,23H,4-7,12-14H2,1-3H3/t18-,23-/m1/s1. The Hall–Kier alpha value is -3.28. The minimum absolute atomic E-state index is 0.0339. The van der Waals surface area contributed by atoms with Gasteiger partial charge in [-0.3, -0.25) is 9.59 Å². The lowest BCUT2D eigenvalue weighted by Crippen LogP contribution is -2.44. The number of ether oxygens (including phenoxy) is 2. The number of nitrogens with zero attached hydrogens (tertiary/aromatic N) is 3. The predicted molar refractivity (Wildman–Crippen MR) is 139 cm³/mol. The highest BCUT2D eigenvalue weighted by molar-refractivity contribution is 8.16. The van der Waals surface area contributed by atoms with Gasteiger partial charge in [-0.25, -0.2) is 9.79 Å². The molecule has 3 aliphatic rings. The van der Waals surface area contributed by atoms with Gasteiger partial charge in [-0.2, -0.15) is 13.2 Å². The fourth-order valence-corrected chi connectivity index (χ4v) is 5.90. The molecule has 210 valence electrons. The summed E-state index contributed by atoms with van der Waals surface area (Å²) < 4.78 is 50.2. The van der Waals surface area contributed by atoms with Crippen molar-refractivity contribution in [1.82, 2.24) is 9.80 Å². The van der Waals surface area contributed by atoms with Crippen LogP contribution < -0.4 is 0 Å². The van der Waals surface area contributed by atoms with Crippen LogP contribution in [0.2, 0.25) is 0 Å². The summed E-state index contributed by atoms with van der Waals surface area (Å²) in [5.41, 5.74) is 0.769. The predicted octanol–water partition coefficient (Wildman–Crippen LogP) is 5.04. The second kappa shape index (κ2) is 11.8. The number of hydrogen-bond donors (Lipinski definition) is 0. The number of esters is 2. The third kappa shape index (κ3) is 6.15. The lowest BCUT2D eigenvalue weighted by Gasteiger charge is -2.37. The lowest BCUT2D eigenvalue weighted by molar-refractivity contribution is -0.151. The van der Waals surface area contributed by atoms with Gasteiger partial charge >= 0.3 is 18.1 Å². The molecule has 0 radical (unpaired) electrons. The van der Waals surface area contributed by atoms with Gasteiger partial charge in [-0.1, -0.05) is 23.9 Å². The molecule has 0 bridgehead atoms. The number of hydrogen-bond acceptors (Lipinski definition) is 8. The Bertz CT molecular complexity index is 1230. The van der Waals surface area contributed by atoms with Crippen molar-refractivity contribution >= 4 is 34.8 Å². The van der Waals surface area contributed by atoms with Crippen molar-refractivity contribution in [2.45, 2.75) is 52.3 Å². The van der Waals surface area contributed by atoms with Crippen LogP contribution in [0.3, 0.4) is 0 Å². The van der Waals surface area contributed by atoms with Crippen molar-refractivity contribution in [2.24, 2.45) is 10.9 Å². The van der Waals surface area contributed by atoms with Gasteiger partial charge in [0.05, 0.1) is 48.4 Å². The molecule has 0 aliphatic carbocycles. The van der Waals surface area contributed by atoms with E-state index in [4.69, 9.17) is 9.47 Å². The summed E-state index contributed by atoms with van der Waals surface area (Å²) in [6, 6.07) is 3.78. The van der Waals surface area contributed by atoms with Crippen molar-refractivity contribution in [3.63, 3.8) is 0 Å². The second-order valence-electron chi connectivity index (χ2n) is 9.34. The zero-order valence-corrected chi connectivity index (χ0v) is 22.7. The molecule has 0 aromatic heterocycles. The molecule has 12 heteroatoms. The van der Waals surface area contributed by atoms with Crippen LogP contribution in [0.5, 0.6) is 0 Å². The monoisotopic (exact) mass is 565 g/mol. The van der Waals surface area contributed by atoms with Crippen LogP contribution in [0, 0.1) is 5.92 Å². The molecule has 3 aliphatic heterocycles. The molecule has 0 spiro atoms. The first-order valence-corrected chi connectivity index (χ1v) is 13.7. The number of piperidine rings is 1. The Morgan fingerprint density at radius 2 is 1.79 bits per heavy atom. The van der Waals surface area contributed by atoms with Crippen molar-refractivity contribution in [1.29, 1.82) is 0 Å². The number of allylic oxidation sites excluding steroid dienone is 1. The first-order chi connectivity index (χ1) is 18.5. The molecule has 4 rings (SSSR count). The van der Waals surface area contributed by atoms with Gasteiger partial charge in [0.25, 0.3) is 0 Å². The molecule has 0 saturated carbocycles. The van der Waals surface area contributed by atoms with E-state index < -0.39 is 23.8 Å². The van der Waals surface area contributed by atoms with Gasteiger partial charge in [0.1, 0.15) is 0 Å². The van der Waals surface area contributed by atoms with Gasteiger partial charge in [-0.05, 0) is 56.7 Å². The van der Waals surface area contributed by atoms with Crippen molar-refractivity contribution < 1.29 is 37.0 Å². The molecule has 1 aromatic rings. The van der Waals surface area contributed by atoms with Crippen molar-refractivity contribution in [2.75, 3.05) is 26.3 Å². The smallest absolute Gasteiger partial charge is 0.416 e. The van der Waals surface area contributed by atoms with E-state index in [0.29, 0.717) is 41.5 Å². The maximum Gasteiger partial charge on any atom is 0.416 e. The van der Waals surface area contributed by atoms with Gasteiger partial charge in [0.2, 0.25) is 5.91 Å². The number of rotatable bonds is 7. The highest BCUT2D eigenvalue weighted by atomic mass is 32.2. The number of aliphatic imine (C=N–C) groups is 1. The fraction of sp³-hybridized carbons (Fsp3) is 0.481. The summed E-state index contributed by atoms with van der Waals surface area (Å²) >= 11 is 1.27. The number of amides is 1. The fourth-order valence-electron chi connectivity index (χ4n) is 4.93. The molecule has 1 saturated heterocycles. The Kier molecular flexibility index (Phi) is 8.73. The SMILES string of the molecule is CCOC(=O)C1=C(C)N=C2SC=C(CC(=O)N3CCC[C@@H](C(=O)OCC)C3)N2[C@@H]1c1ccc(C(F)(F)F)cc1. The molecule has 3 heterocycles. The number of carbonyl (C=O) groups is 3. The van der Waals surface area contributed by atoms with Gasteiger partial charge in [0, 0.05) is 18.8 Å². The number of thioether (sulfide) groups is 1. The average molecular weight is 566 g/mol. The molecule has 1 aromatic carbocycles. The van der Waals surface area contributed by atoms with Crippen molar-refractivity contribution in [3.8, 4) is 0 Å². The van der Waals surface area contributed by atoms with Crippen LogP contribution in [0.4, 0.5) is 13.2 Å². The second-order valence-corrected chi connectivity index (χ2v) is 10.2. The lowest BCUT2D eigenvalue weighted by atomic mass is 9.93. The summed E-state index contributed by atoms with van der Waals surface area (Å²) in [5.74, 6) is -1.54.